The van der Waals surface area contributed by atoms with Crippen molar-refractivity contribution in [1.82, 2.24) is 4.90 Å². The molecule has 0 fully saturated rings. The molecular weight excluding hydrogens is 213 g/mol. The van der Waals surface area contributed by atoms with Gasteiger partial charge in [0.2, 0.25) is 0 Å². The molecule has 1 heterocycles. The fourth-order valence-corrected chi connectivity index (χ4v) is 2.13. The Morgan fingerprint density at radius 3 is 2.53 bits per heavy atom. The Bertz CT molecular complexity index is 336. The maximum atomic E-state index is 11.9. The Labute approximate surface area is 93.3 Å². The molecule has 0 saturated heterocycles. The SMILES string of the molecule is CCN(CC)C(=O)c1ccsc1B(O)O. The van der Waals surface area contributed by atoms with E-state index in [0.29, 0.717) is 23.4 Å². The van der Waals surface area contributed by atoms with Gasteiger partial charge in [0.15, 0.2) is 0 Å². The molecule has 0 unspecified atom stereocenters. The third kappa shape index (κ3) is 2.59. The van der Waals surface area contributed by atoms with E-state index in [1.807, 2.05) is 13.8 Å². The second-order valence-electron chi connectivity index (χ2n) is 3.05. The van der Waals surface area contributed by atoms with Gasteiger partial charge in [0, 0.05) is 23.4 Å². The highest BCUT2D eigenvalue weighted by molar-refractivity contribution is 7.21. The summed E-state index contributed by atoms with van der Waals surface area (Å²) in [5.41, 5.74) is 0.388. The van der Waals surface area contributed by atoms with E-state index < -0.39 is 7.12 Å². The van der Waals surface area contributed by atoms with Crippen LogP contribution in [0.3, 0.4) is 0 Å². The number of carbonyl (C=O) groups is 1. The first kappa shape index (κ1) is 12.2. The van der Waals surface area contributed by atoms with Crippen LogP contribution in [-0.4, -0.2) is 41.1 Å². The number of amides is 1. The normalized spacial score (nSPS) is 10.1. The molecule has 2 N–H and O–H groups in total. The zero-order chi connectivity index (χ0) is 11.4. The molecule has 0 aromatic carbocycles. The third-order valence-electron chi connectivity index (χ3n) is 2.21. The first-order valence-corrected chi connectivity index (χ1v) is 5.72. The van der Waals surface area contributed by atoms with Crippen molar-refractivity contribution in [2.45, 2.75) is 13.8 Å². The van der Waals surface area contributed by atoms with Gasteiger partial charge < -0.3 is 14.9 Å². The number of carbonyl (C=O) groups excluding carboxylic acids is 1. The maximum Gasteiger partial charge on any atom is 0.499 e. The van der Waals surface area contributed by atoms with Crippen molar-refractivity contribution in [1.29, 1.82) is 0 Å². The van der Waals surface area contributed by atoms with Gasteiger partial charge in [-0.1, -0.05) is 0 Å². The van der Waals surface area contributed by atoms with Gasteiger partial charge in [-0.05, 0) is 25.3 Å². The van der Waals surface area contributed by atoms with Gasteiger partial charge in [0.1, 0.15) is 0 Å². The minimum absolute atomic E-state index is 0.149. The number of rotatable bonds is 4. The fourth-order valence-electron chi connectivity index (χ4n) is 1.38. The largest absolute Gasteiger partial charge is 0.499 e. The van der Waals surface area contributed by atoms with Crippen LogP contribution in [0.15, 0.2) is 11.4 Å². The molecule has 0 aliphatic carbocycles. The predicted octanol–water partition coefficient (Wildman–Crippen LogP) is -0.0901. The van der Waals surface area contributed by atoms with Crippen molar-refractivity contribution < 1.29 is 14.8 Å². The van der Waals surface area contributed by atoms with Gasteiger partial charge in [-0.15, -0.1) is 0 Å². The standard InChI is InChI=1S/C9H14BNO3S/c1-3-11(4-2)9(12)7-5-6-15-8(7)10(13)14/h5-6,13-14H,3-4H2,1-2H3. The van der Waals surface area contributed by atoms with E-state index in [2.05, 4.69) is 0 Å². The molecule has 15 heavy (non-hydrogen) atoms. The number of hydrogen-bond acceptors (Lipinski definition) is 4. The van der Waals surface area contributed by atoms with Gasteiger partial charge in [0.05, 0.1) is 0 Å². The summed E-state index contributed by atoms with van der Waals surface area (Å²) < 4.78 is 0.312. The summed E-state index contributed by atoms with van der Waals surface area (Å²) in [7, 11) is -1.57. The van der Waals surface area contributed by atoms with Crippen LogP contribution in [0, 0.1) is 0 Å². The summed E-state index contributed by atoms with van der Waals surface area (Å²) in [5.74, 6) is -0.149. The summed E-state index contributed by atoms with van der Waals surface area (Å²) in [6.45, 7) is 5.02. The van der Waals surface area contributed by atoms with Gasteiger partial charge in [-0.2, -0.15) is 11.3 Å². The number of nitrogens with zero attached hydrogens (tertiary/aromatic N) is 1. The van der Waals surface area contributed by atoms with Gasteiger partial charge in [-0.3, -0.25) is 4.79 Å². The number of hydrogen-bond donors (Lipinski definition) is 2. The first-order chi connectivity index (χ1) is 7.11. The lowest BCUT2D eigenvalue weighted by molar-refractivity contribution is 0.0774. The van der Waals surface area contributed by atoms with Crippen molar-refractivity contribution in [2.24, 2.45) is 0 Å². The Morgan fingerprint density at radius 1 is 1.47 bits per heavy atom. The van der Waals surface area contributed by atoms with Crippen LogP contribution >= 0.6 is 11.3 Å². The molecule has 82 valence electrons. The van der Waals surface area contributed by atoms with Crippen LogP contribution in [0.25, 0.3) is 0 Å². The van der Waals surface area contributed by atoms with Crippen LogP contribution < -0.4 is 4.78 Å². The minimum Gasteiger partial charge on any atom is -0.423 e. The Balaban J connectivity index is 2.95. The zero-order valence-electron chi connectivity index (χ0n) is 8.80. The van der Waals surface area contributed by atoms with Crippen molar-refractivity contribution in [3.05, 3.63) is 17.0 Å². The van der Waals surface area contributed by atoms with Crippen LogP contribution in [-0.2, 0) is 0 Å². The molecule has 0 saturated carbocycles. The highest BCUT2D eigenvalue weighted by Crippen LogP contribution is 2.08. The number of thiophene rings is 1. The summed E-state index contributed by atoms with van der Waals surface area (Å²) in [6, 6.07) is 1.63. The molecule has 1 amide bonds. The van der Waals surface area contributed by atoms with Crippen LogP contribution in [0.1, 0.15) is 24.2 Å². The van der Waals surface area contributed by atoms with Gasteiger partial charge >= 0.3 is 7.12 Å². The van der Waals surface area contributed by atoms with Crippen molar-refractivity contribution >= 4 is 29.1 Å². The highest BCUT2D eigenvalue weighted by Gasteiger charge is 2.24. The fraction of sp³-hybridized carbons (Fsp3) is 0.444. The molecule has 4 nitrogen and oxygen atoms in total. The molecule has 1 aromatic rings. The van der Waals surface area contributed by atoms with Crippen molar-refractivity contribution in [3.63, 3.8) is 0 Å². The molecule has 1 aromatic heterocycles. The van der Waals surface area contributed by atoms with Gasteiger partial charge in [0.25, 0.3) is 5.91 Å². The monoisotopic (exact) mass is 227 g/mol. The average Bonchev–Trinajstić information content (AvgIpc) is 2.67. The van der Waals surface area contributed by atoms with Crippen LogP contribution in [0.5, 0.6) is 0 Å². The molecule has 6 heteroatoms. The topological polar surface area (TPSA) is 60.8 Å². The lowest BCUT2D eigenvalue weighted by atomic mass is 9.86. The second-order valence-corrected chi connectivity index (χ2v) is 4.00. The van der Waals surface area contributed by atoms with E-state index in [1.54, 1.807) is 16.3 Å². The van der Waals surface area contributed by atoms with E-state index >= 15 is 0 Å². The minimum atomic E-state index is -1.57. The molecule has 0 bridgehead atoms. The second kappa shape index (κ2) is 5.30. The lowest BCUT2D eigenvalue weighted by Crippen LogP contribution is -2.37. The molecule has 0 atom stereocenters. The lowest BCUT2D eigenvalue weighted by Gasteiger charge is -2.18. The van der Waals surface area contributed by atoms with Crippen LogP contribution in [0.4, 0.5) is 0 Å². The quantitative estimate of drug-likeness (QED) is 0.706. The van der Waals surface area contributed by atoms with E-state index in [0.717, 1.165) is 0 Å². The molecule has 1 rings (SSSR count). The summed E-state index contributed by atoms with van der Waals surface area (Å²) in [6.07, 6.45) is 0. The van der Waals surface area contributed by atoms with E-state index in [9.17, 15) is 4.79 Å². The van der Waals surface area contributed by atoms with E-state index in [4.69, 9.17) is 10.0 Å². The highest BCUT2D eigenvalue weighted by atomic mass is 32.1. The Hall–Kier alpha value is -0.845. The van der Waals surface area contributed by atoms with Crippen molar-refractivity contribution in [3.8, 4) is 0 Å². The predicted molar refractivity (Wildman–Crippen MR) is 61.4 cm³/mol. The molecule has 0 aliphatic heterocycles. The molecule has 0 aliphatic rings. The maximum absolute atomic E-state index is 11.9. The molecular formula is C9H14BNO3S. The van der Waals surface area contributed by atoms with Crippen LogP contribution in [0.2, 0.25) is 0 Å². The van der Waals surface area contributed by atoms with Crippen molar-refractivity contribution in [2.75, 3.05) is 13.1 Å². The zero-order valence-corrected chi connectivity index (χ0v) is 9.62. The third-order valence-corrected chi connectivity index (χ3v) is 3.17. The van der Waals surface area contributed by atoms with E-state index in [1.165, 1.54) is 11.3 Å². The smallest absolute Gasteiger partial charge is 0.423 e. The van der Waals surface area contributed by atoms with Gasteiger partial charge in [-0.25, -0.2) is 0 Å². The molecule has 0 spiro atoms. The first-order valence-electron chi connectivity index (χ1n) is 4.84. The van der Waals surface area contributed by atoms with E-state index in [-0.39, 0.29) is 5.91 Å². The summed E-state index contributed by atoms with van der Waals surface area (Å²) >= 11 is 1.18. The summed E-state index contributed by atoms with van der Waals surface area (Å²) in [5, 5.41) is 19.8. The Kier molecular flexibility index (Phi) is 4.32. The summed E-state index contributed by atoms with van der Waals surface area (Å²) in [4.78, 5) is 13.6. The molecule has 0 radical (unpaired) electrons. The average molecular weight is 227 g/mol. The Morgan fingerprint density at radius 2 is 2.07 bits per heavy atom.